The minimum absolute atomic E-state index is 0.0339. The van der Waals surface area contributed by atoms with Crippen molar-refractivity contribution >= 4 is 23.4 Å². The van der Waals surface area contributed by atoms with Crippen molar-refractivity contribution in [3.05, 3.63) is 101 Å². The van der Waals surface area contributed by atoms with Gasteiger partial charge in [-0.05, 0) is 32.4 Å². The number of carbonyl (C=O) groups excluding carboxylic acids is 1. The van der Waals surface area contributed by atoms with Crippen molar-refractivity contribution in [3.63, 3.8) is 0 Å². The van der Waals surface area contributed by atoms with Gasteiger partial charge in [0, 0.05) is 47.2 Å². The highest BCUT2D eigenvalue weighted by Gasteiger charge is 2.22. The lowest BCUT2D eigenvalue weighted by molar-refractivity contribution is -0.384. The first-order valence-electron chi connectivity index (χ1n) is 11.8. The van der Waals surface area contributed by atoms with Crippen LogP contribution in [0.15, 0.2) is 90.1 Å². The van der Waals surface area contributed by atoms with Gasteiger partial charge < -0.3 is 9.88 Å². The summed E-state index contributed by atoms with van der Waals surface area (Å²) in [4.78, 5) is 27.7. The summed E-state index contributed by atoms with van der Waals surface area (Å²) in [6, 6.07) is 26.4. The van der Waals surface area contributed by atoms with E-state index in [0.717, 1.165) is 39.8 Å². The molecule has 4 rings (SSSR count). The maximum atomic E-state index is 12.4. The van der Waals surface area contributed by atoms with E-state index in [9.17, 15) is 14.9 Å². The minimum Gasteiger partial charge on any atom is -0.352 e. The molecule has 0 atom stereocenters. The van der Waals surface area contributed by atoms with Crippen LogP contribution in [0, 0.1) is 10.1 Å². The van der Waals surface area contributed by atoms with E-state index in [1.165, 1.54) is 24.3 Å². The molecule has 184 valence electrons. The van der Waals surface area contributed by atoms with Crippen molar-refractivity contribution in [2.45, 2.75) is 31.5 Å². The third-order valence-electron chi connectivity index (χ3n) is 5.67. The van der Waals surface area contributed by atoms with E-state index in [0.29, 0.717) is 12.1 Å². The van der Waals surface area contributed by atoms with Crippen LogP contribution < -0.4 is 5.32 Å². The van der Waals surface area contributed by atoms with Crippen molar-refractivity contribution < 1.29 is 9.72 Å². The molecule has 1 amide bonds. The molecule has 0 aliphatic carbocycles. The monoisotopic (exact) mass is 500 g/mol. The Hall–Kier alpha value is -3.91. The molecule has 1 aromatic heterocycles. The molecule has 0 bridgehead atoms. The van der Waals surface area contributed by atoms with Crippen LogP contribution in [0.5, 0.6) is 0 Å². The van der Waals surface area contributed by atoms with Gasteiger partial charge >= 0.3 is 0 Å². The maximum absolute atomic E-state index is 12.4. The van der Waals surface area contributed by atoms with Gasteiger partial charge in [0.1, 0.15) is 0 Å². The average molecular weight is 501 g/mol. The molecule has 0 saturated carbocycles. The lowest BCUT2D eigenvalue weighted by Gasteiger charge is -2.16. The van der Waals surface area contributed by atoms with Crippen LogP contribution in [0.25, 0.3) is 22.5 Å². The molecule has 0 aliphatic rings. The molecule has 36 heavy (non-hydrogen) atoms. The summed E-state index contributed by atoms with van der Waals surface area (Å²) in [5.74, 6) is 0.545. The molecule has 8 heteroatoms. The molecular formula is C28H28N4O3S. The molecule has 7 nitrogen and oxygen atoms in total. The molecule has 0 unspecified atom stereocenters. The van der Waals surface area contributed by atoms with Crippen LogP contribution in [0.1, 0.15) is 36.7 Å². The number of hydrogen-bond acceptors (Lipinski definition) is 5. The van der Waals surface area contributed by atoms with Crippen molar-refractivity contribution in [3.8, 4) is 22.5 Å². The molecular weight excluding hydrogens is 472 g/mol. The number of nitrogens with zero attached hydrogens (tertiary/aromatic N) is 3. The van der Waals surface area contributed by atoms with Crippen LogP contribution in [-0.2, 0) is 0 Å². The number of imidazole rings is 1. The second-order valence-corrected chi connectivity index (χ2v) is 9.61. The molecule has 0 radical (unpaired) electrons. The molecule has 1 N–H and O–H groups in total. The highest BCUT2D eigenvalue weighted by atomic mass is 32.2. The van der Waals surface area contributed by atoms with Crippen molar-refractivity contribution in [2.75, 3.05) is 12.3 Å². The first-order chi connectivity index (χ1) is 17.5. The Morgan fingerprint density at radius 1 is 0.972 bits per heavy atom. The fourth-order valence-electron chi connectivity index (χ4n) is 3.94. The van der Waals surface area contributed by atoms with E-state index in [2.05, 4.69) is 48.0 Å². The van der Waals surface area contributed by atoms with Crippen LogP contribution in [0.3, 0.4) is 0 Å². The second kappa shape index (κ2) is 11.7. The third kappa shape index (κ3) is 5.83. The Bertz CT molecular complexity index is 1320. The van der Waals surface area contributed by atoms with E-state index in [1.807, 2.05) is 36.4 Å². The Labute approximate surface area is 214 Å². The van der Waals surface area contributed by atoms with Gasteiger partial charge in [0.15, 0.2) is 5.16 Å². The number of hydrogen-bond donors (Lipinski definition) is 1. The normalized spacial score (nSPS) is 11.0. The first kappa shape index (κ1) is 25.2. The van der Waals surface area contributed by atoms with Gasteiger partial charge in [-0.25, -0.2) is 4.98 Å². The van der Waals surface area contributed by atoms with Gasteiger partial charge in [-0.3, -0.25) is 14.9 Å². The summed E-state index contributed by atoms with van der Waals surface area (Å²) >= 11 is 1.68. The number of rotatable bonds is 10. The maximum Gasteiger partial charge on any atom is 0.269 e. The van der Waals surface area contributed by atoms with Crippen LogP contribution in [-0.4, -0.2) is 32.7 Å². The van der Waals surface area contributed by atoms with Gasteiger partial charge in [0.25, 0.3) is 11.6 Å². The number of carbonyl (C=O) groups is 1. The number of nitro benzene ring substituents is 1. The smallest absolute Gasteiger partial charge is 0.269 e. The molecule has 0 aliphatic heterocycles. The number of aromatic nitrogens is 2. The van der Waals surface area contributed by atoms with Gasteiger partial charge in [0.2, 0.25) is 0 Å². The highest BCUT2D eigenvalue weighted by molar-refractivity contribution is 7.99. The largest absolute Gasteiger partial charge is 0.352 e. The van der Waals surface area contributed by atoms with Crippen molar-refractivity contribution in [1.29, 1.82) is 0 Å². The van der Waals surface area contributed by atoms with Crippen molar-refractivity contribution in [1.82, 2.24) is 14.9 Å². The number of benzene rings is 3. The quantitative estimate of drug-likeness (QED) is 0.114. The number of nitrogens with one attached hydrogen (secondary N) is 1. The Kier molecular flexibility index (Phi) is 8.17. The lowest BCUT2D eigenvalue weighted by atomic mass is 10.0. The summed E-state index contributed by atoms with van der Waals surface area (Å²) in [7, 11) is 0. The molecule has 0 saturated heterocycles. The second-order valence-electron chi connectivity index (χ2n) is 8.55. The zero-order valence-corrected chi connectivity index (χ0v) is 21.1. The summed E-state index contributed by atoms with van der Waals surface area (Å²) in [6.45, 7) is 4.83. The minimum atomic E-state index is -0.480. The van der Waals surface area contributed by atoms with Crippen LogP contribution >= 0.6 is 11.8 Å². The standard InChI is InChI=1S/C28H28N4O3S/c1-20(2)31-26(22-12-7-4-8-13-22)25(21-10-5-3-6-11-21)30-28(31)36-19-9-18-29-27(33)23-14-16-24(17-15-23)32(34)35/h3-8,10-17,20H,9,18-19H2,1-2H3,(H,29,33). The number of thioether (sulfide) groups is 1. The highest BCUT2D eigenvalue weighted by Crippen LogP contribution is 2.38. The van der Waals surface area contributed by atoms with E-state index in [1.54, 1.807) is 11.8 Å². The van der Waals surface area contributed by atoms with Gasteiger partial charge in [-0.15, -0.1) is 0 Å². The fourth-order valence-corrected chi connectivity index (χ4v) is 5.00. The number of nitro groups is 1. The number of non-ortho nitro benzene ring substituents is 1. The number of amides is 1. The van der Waals surface area contributed by atoms with Crippen LogP contribution in [0.2, 0.25) is 0 Å². The SMILES string of the molecule is CC(C)n1c(SCCCNC(=O)c2ccc([N+](=O)[O-])cc2)nc(-c2ccccc2)c1-c1ccccc1. The Morgan fingerprint density at radius 3 is 2.17 bits per heavy atom. The molecule has 0 fully saturated rings. The van der Waals surface area contributed by atoms with E-state index in [-0.39, 0.29) is 17.6 Å². The predicted octanol–water partition coefficient (Wildman–Crippen LogP) is 6.62. The summed E-state index contributed by atoms with van der Waals surface area (Å²) in [5.41, 5.74) is 4.64. The summed E-state index contributed by atoms with van der Waals surface area (Å²) < 4.78 is 2.29. The molecule has 1 heterocycles. The van der Waals surface area contributed by atoms with Gasteiger partial charge in [-0.1, -0.05) is 72.4 Å². The Balaban J connectivity index is 1.46. The summed E-state index contributed by atoms with van der Waals surface area (Å²) in [5, 5.41) is 14.6. The molecule has 3 aromatic carbocycles. The topological polar surface area (TPSA) is 90.1 Å². The van der Waals surface area contributed by atoms with E-state index >= 15 is 0 Å². The van der Waals surface area contributed by atoms with E-state index in [4.69, 9.17) is 4.98 Å². The average Bonchev–Trinajstić information content (AvgIpc) is 3.29. The molecule has 4 aromatic rings. The van der Waals surface area contributed by atoms with Gasteiger partial charge in [0.05, 0.1) is 16.3 Å². The lowest BCUT2D eigenvalue weighted by Crippen LogP contribution is -2.24. The molecule has 0 spiro atoms. The Morgan fingerprint density at radius 2 is 1.58 bits per heavy atom. The zero-order chi connectivity index (χ0) is 25.5. The predicted molar refractivity (Wildman–Crippen MR) is 144 cm³/mol. The van der Waals surface area contributed by atoms with Gasteiger partial charge in [-0.2, -0.15) is 0 Å². The van der Waals surface area contributed by atoms with Crippen molar-refractivity contribution in [2.24, 2.45) is 0 Å². The first-order valence-corrected chi connectivity index (χ1v) is 12.8. The third-order valence-corrected chi connectivity index (χ3v) is 6.71. The van der Waals surface area contributed by atoms with E-state index < -0.39 is 4.92 Å². The summed E-state index contributed by atoms with van der Waals surface area (Å²) in [6.07, 6.45) is 0.760. The fraction of sp³-hybridized carbons (Fsp3) is 0.214. The van der Waals surface area contributed by atoms with Crippen LogP contribution in [0.4, 0.5) is 5.69 Å². The zero-order valence-electron chi connectivity index (χ0n) is 20.3.